The fraction of sp³-hybridized carbons (Fsp3) is 0.471. The number of amides is 1. The molecule has 2 atom stereocenters. The van der Waals surface area contributed by atoms with Gasteiger partial charge in [-0.2, -0.15) is 0 Å². The number of nitrogens with zero attached hydrogens (tertiary/aromatic N) is 2. The number of benzene rings is 1. The molecule has 0 N–H and O–H groups in total. The molecule has 2 aliphatic rings. The lowest BCUT2D eigenvalue weighted by Crippen LogP contribution is -2.52. The summed E-state index contributed by atoms with van der Waals surface area (Å²) in [5.74, 6) is 0.0547. The molecular weight excluding hydrogens is 267 g/mol. The zero-order chi connectivity index (χ0) is 14.8. The monoisotopic (exact) mass is 288 g/mol. The van der Waals surface area contributed by atoms with E-state index in [0.29, 0.717) is 19.0 Å². The molecule has 3 rings (SSSR count). The van der Waals surface area contributed by atoms with Gasteiger partial charge in [0.05, 0.1) is 0 Å². The number of likely N-dealkylation sites (tertiary alicyclic amines) is 2. The summed E-state index contributed by atoms with van der Waals surface area (Å²) in [6.45, 7) is 6.11. The van der Waals surface area contributed by atoms with Crippen LogP contribution in [0, 0.1) is 5.82 Å². The van der Waals surface area contributed by atoms with E-state index in [1.807, 2.05) is 11.0 Å². The van der Waals surface area contributed by atoms with Gasteiger partial charge in [-0.3, -0.25) is 9.69 Å². The molecule has 0 aliphatic carbocycles. The summed E-state index contributed by atoms with van der Waals surface area (Å²) >= 11 is 0. The number of piperidine rings is 1. The highest BCUT2D eigenvalue weighted by Gasteiger charge is 2.42. The predicted molar refractivity (Wildman–Crippen MR) is 80.1 cm³/mol. The first-order chi connectivity index (χ1) is 10.2. The fourth-order valence-electron chi connectivity index (χ4n) is 3.68. The number of carbonyl (C=O) groups excluding carboxylic acids is 1. The van der Waals surface area contributed by atoms with Crippen LogP contribution in [-0.4, -0.2) is 40.9 Å². The summed E-state index contributed by atoms with van der Waals surface area (Å²) < 4.78 is 13.3. The van der Waals surface area contributed by atoms with Gasteiger partial charge in [-0.05, 0) is 30.5 Å². The Labute approximate surface area is 125 Å². The van der Waals surface area contributed by atoms with Gasteiger partial charge in [-0.15, -0.1) is 6.58 Å². The standard InChI is InChI=1S/C17H21FN2O/c1-2-9-20-16-8-10-19(15(16)6-7-17(20)21)12-13-4-3-5-14(18)11-13/h2-5,11,15-16H,1,6-10,12H2/t15-,16-/m1/s1. The van der Waals surface area contributed by atoms with E-state index in [9.17, 15) is 9.18 Å². The number of carbonyl (C=O) groups is 1. The minimum Gasteiger partial charge on any atom is -0.334 e. The molecule has 2 fully saturated rings. The Kier molecular flexibility index (Phi) is 4.06. The van der Waals surface area contributed by atoms with Crippen LogP contribution >= 0.6 is 0 Å². The van der Waals surface area contributed by atoms with Crippen LogP contribution in [0.15, 0.2) is 36.9 Å². The smallest absolute Gasteiger partial charge is 0.223 e. The molecule has 0 unspecified atom stereocenters. The molecule has 2 aliphatic heterocycles. The molecule has 4 heteroatoms. The molecule has 112 valence electrons. The summed E-state index contributed by atoms with van der Waals surface area (Å²) in [6, 6.07) is 7.48. The van der Waals surface area contributed by atoms with Gasteiger partial charge >= 0.3 is 0 Å². The van der Waals surface area contributed by atoms with Crippen LogP contribution in [0.2, 0.25) is 0 Å². The zero-order valence-electron chi connectivity index (χ0n) is 12.2. The molecule has 2 saturated heterocycles. The Balaban J connectivity index is 1.72. The average Bonchev–Trinajstić information content (AvgIpc) is 2.85. The Morgan fingerprint density at radius 3 is 2.95 bits per heavy atom. The van der Waals surface area contributed by atoms with Gasteiger partial charge in [-0.25, -0.2) is 4.39 Å². The van der Waals surface area contributed by atoms with Crippen molar-refractivity contribution < 1.29 is 9.18 Å². The topological polar surface area (TPSA) is 23.6 Å². The minimum absolute atomic E-state index is 0.185. The van der Waals surface area contributed by atoms with Crippen LogP contribution in [0.1, 0.15) is 24.8 Å². The molecule has 0 bridgehead atoms. The van der Waals surface area contributed by atoms with Crippen molar-refractivity contribution in [3.05, 3.63) is 48.3 Å². The van der Waals surface area contributed by atoms with E-state index in [1.54, 1.807) is 18.2 Å². The van der Waals surface area contributed by atoms with Crippen molar-refractivity contribution in [2.24, 2.45) is 0 Å². The third-order valence-electron chi connectivity index (χ3n) is 4.60. The van der Waals surface area contributed by atoms with Gasteiger partial charge in [0.25, 0.3) is 0 Å². The van der Waals surface area contributed by atoms with Crippen molar-refractivity contribution in [3.63, 3.8) is 0 Å². The quantitative estimate of drug-likeness (QED) is 0.795. The molecule has 21 heavy (non-hydrogen) atoms. The molecule has 1 aromatic carbocycles. The van der Waals surface area contributed by atoms with Gasteiger partial charge < -0.3 is 4.90 Å². The normalized spacial score (nSPS) is 26.0. The summed E-state index contributed by atoms with van der Waals surface area (Å²) in [7, 11) is 0. The lowest BCUT2D eigenvalue weighted by atomic mass is 9.96. The zero-order valence-corrected chi connectivity index (χ0v) is 12.2. The van der Waals surface area contributed by atoms with E-state index < -0.39 is 0 Å². The number of halogens is 1. The third kappa shape index (κ3) is 2.86. The van der Waals surface area contributed by atoms with Crippen molar-refractivity contribution in [1.29, 1.82) is 0 Å². The SMILES string of the molecule is C=CCN1C(=O)CC[C@@H]2[C@H]1CCN2Cc1cccc(F)c1. The Morgan fingerprint density at radius 1 is 1.33 bits per heavy atom. The molecule has 0 aromatic heterocycles. The number of fused-ring (bicyclic) bond motifs is 1. The second-order valence-corrected chi connectivity index (χ2v) is 5.90. The largest absolute Gasteiger partial charge is 0.334 e. The first-order valence-corrected chi connectivity index (χ1v) is 7.58. The maximum atomic E-state index is 13.3. The molecular formula is C17H21FN2O. The molecule has 0 radical (unpaired) electrons. The van der Waals surface area contributed by atoms with Gasteiger partial charge in [0.15, 0.2) is 0 Å². The van der Waals surface area contributed by atoms with Crippen molar-refractivity contribution in [1.82, 2.24) is 9.80 Å². The summed E-state index contributed by atoms with van der Waals surface area (Å²) in [5.41, 5.74) is 1.00. The lowest BCUT2D eigenvalue weighted by Gasteiger charge is -2.39. The van der Waals surface area contributed by atoms with E-state index in [0.717, 1.165) is 31.5 Å². The Hall–Kier alpha value is -1.68. The number of hydrogen-bond acceptors (Lipinski definition) is 2. The first kappa shape index (κ1) is 14.3. The average molecular weight is 288 g/mol. The Morgan fingerprint density at radius 2 is 2.19 bits per heavy atom. The van der Waals surface area contributed by atoms with Crippen LogP contribution in [0.5, 0.6) is 0 Å². The molecule has 3 nitrogen and oxygen atoms in total. The highest BCUT2D eigenvalue weighted by atomic mass is 19.1. The maximum Gasteiger partial charge on any atom is 0.223 e. The molecule has 0 spiro atoms. The van der Waals surface area contributed by atoms with E-state index in [1.165, 1.54) is 6.07 Å². The van der Waals surface area contributed by atoms with Gasteiger partial charge in [-0.1, -0.05) is 18.2 Å². The second-order valence-electron chi connectivity index (χ2n) is 5.90. The van der Waals surface area contributed by atoms with Crippen molar-refractivity contribution in [3.8, 4) is 0 Å². The molecule has 1 amide bonds. The van der Waals surface area contributed by atoms with Crippen LogP contribution in [0.3, 0.4) is 0 Å². The van der Waals surface area contributed by atoms with Crippen LogP contribution in [0.25, 0.3) is 0 Å². The van der Waals surface area contributed by atoms with Crippen molar-refractivity contribution in [2.75, 3.05) is 13.1 Å². The maximum absolute atomic E-state index is 13.3. The number of rotatable bonds is 4. The highest BCUT2D eigenvalue weighted by molar-refractivity contribution is 5.78. The summed E-state index contributed by atoms with van der Waals surface area (Å²) in [5, 5.41) is 0. The van der Waals surface area contributed by atoms with E-state index in [2.05, 4.69) is 11.5 Å². The number of hydrogen-bond donors (Lipinski definition) is 0. The third-order valence-corrected chi connectivity index (χ3v) is 4.60. The highest BCUT2D eigenvalue weighted by Crippen LogP contribution is 2.32. The van der Waals surface area contributed by atoms with E-state index >= 15 is 0 Å². The van der Waals surface area contributed by atoms with Gasteiger partial charge in [0.1, 0.15) is 5.82 Å². The summed E-state index contributed by atoms with van der Waals surface area (Å²) in [4.78, 5) is 16.4. The van der Waals surface area contributed by atoms with Crippen LogP contribution < -0.4 is 0 Å². The predicted octanol–water partition coefficient (Wildman–Crippen LogP) is 2.58. The summed E-state index contributed by atoms with van der Waals surface area (Å²) in [6.07, 6.45) is 4.32. The van der Waals surface area contributed by atoms with Crippen LogP contribution in [-0.2, 0) is 11.3 Å². The van der Waals surface area contributed by atoms with Crippen molar-refractivity contribution >= 4 is 5.91 Å². The molecule has 2 heterocycles. The van der Waals surface area contributed by atoms with Crippen LogP contribution in [0.4, 0.5) is 4.39 Å². The minimum atomic E-state index is -0.185. The van der Waals surface area contributed by atoms with Gasteiger partial charge in [0.2, 0.25) is 5.91 Å². The second kappa shape index (κ2) is 5.98. The Bertz CT molecular complexity index is 545. The van der Waals surface area contributed by atoms with Gasteiger partial charge in [0, 0.05) is 38.1 Å². The van der Waals surface area contributed by atoms with E-state index in [-0.39, 0.29) is 17.8 Å². The fourth-order valence-corrected chi connectivity index (χ4v) is 3.68. The lowest BCUT2D eigenvalue weighted by molar-refractivity contribution is -0.136. The van der Waals surface area contributed by atoms with Crippen molar-refractivity contribution in [2.45, 2.75) is 37.9 Å². The van der Waals surface area contributed by atoms with E-state index in [4.69, 9.17) is 0 Å². The molecule has 1 aromatic rings. The molecule has 0 saturated carbocycles. The first-order valence-electron chi connectivity index (χ1n) is 7.58.